The maximum atomic E-state index is 11.5. The molecule has 0 radical (unpaired) electrons. The summed E-state index contributed by atoms with van der Waals surface area (Å²) in [6.45, 7) is 7.79. The summed E-state index contributed by atoms with van der Waals surface area (Å²) < 4.78 is 4.87. The van der Waals surface area contributed by atoms with Crippen LogP contribution in [0, 0.1) is 5.92 Å². The van der Waals surface area contributed by atoms with E-state index in [0.29, 0.717) is 31.1 Å². The van der Waals surface area contributed by atoms with Crippen molar-refractivity contribution in [1.29, 1.82) is 0 Å². The summed E-state index contributed by atoms with van der Waals surface area (Å²) >= 11 is 0. The Morgan fingerprint density at radius 2 is 1.90 bits per heavy atom. The minimum atomic E-state index is -0.0696. The van der Waals surface area contributed by atoms with Gasteiger partial charge >= 0.3 is 0 Å². The van der Waals surface area contributed by atoms with E-state index in [-0.39, 0.29) is 12.5 Å². The first kappa shape index (κ1) is 18.7. The van der Waals surface area contributed by atoms with Crippen molar-refractivity contribution in [2.75, 3.05) is 33.9 Å². The zero-order chi connectivity index (χ0) is 15.4. The summed E-state index contributed by atoms with van der Waals surface area (Å²) in [5.41, 5.74) is 0. The van der Waals surface area contributed by atoms with Crippen molar-refractivity contribution >= 4 is 11.9 Å². The second-order valence-corrected chi connectivity index (χ2v) is 5.29. The van der Waals surface area contributed by atoms with Crippen LogP contribution in [0.4, 0.5) is 0 Å². The molecule has 0 bridgehead atoms. The van der Waals surface area contributed by atoms with Gasteiger partial charge in [-0.1, -0.05) is 13.8 Å². The van der Waals surface area contributed by atoms with E-state index in [9.17, 15) is 4.79 Å². The highest BCUT2D eigenvalue weighted by molar-refractivity contribution is 5.86. The molecule has 6 nitrogen and oxygen atoms in total. The minimum absolute atomic E-state index is 0.0696. The maximum Gasteiger partial charge on any atom is 0.239 e. The van der Waals surface area contributed by atoms with Gasteiger partial charge < -0.3 is 20.7 Å². The molecule has 0 saturated heterocycles. The molecule has 0 heterocycles. The van der Waals surface area contributed by atoms with Crippen LogP contribution in [-0.4, -0.2) is 51.8 Å². The normalized spacial score (nSPS) is 13.2. The summed E-state index contributed by atoms with van der Waals surface area (Å²) in [4.78, 5) is 15.6. The van der Waals surface area contributed by atoms with Crippen molar-refractivity contribution in [3.8, 4) is 0 Å². The zero-order valence-corrected chi connectivity index (χ0v) is 13.5. The van der Waals surface area contributed by atoms with Crippen LogP contribution in [0.5, 0.6) is 0 Å². The zero-order valence-electron chi connectivity index (χ0n) is 13.5. The molecule has 1 amide bonds. The van der Waals surface area contributed by atoms with Crippen molar-refractivity contribution < 1.29 is 9.53 Å². The fraction of sp³-hybridized carbons (Fsp3) is 0.857. The predicted octanol–water partition coefficient (Wildman–Crippen LogP) is 0.739. The van der Waals surface area contributed by atoms with Crippen molar-refractivity contribution in [3.63, 3.8) is 0 Å². The quantitative estimate of drug-likeness (QED) is 0.332. The van der Waals surface area contributed by atoms with Crippen molar-refractivity contribution in [3.05, 3.63) is 0 Å². The molecule has 6 heteroatoms. The SMILES string of the molecule is CN=C(NCC(=O)NCCOC)NC(C)CCC(C)C. The van der Waals surface area contributed by atoms with Crippen LogP contribution in [0.3, 0.4) is 0 Å². The van der Waals surface area contributed by atoms with Crippen LogP contribution < -0.4 is 16.0 Å². The highest BCUT2D eigenvalue weighted by Gasteiger charge is 2.07. The molecule has 1 atom stereocenters. The molecular weight excluding hydrogens is 256 g/mol. The van der Waals surface area contributed by atoms with Gasteiger partial charge in [0.2, 0.25) is 5.91 Å². The fourth-order valence-electron chi connectivity index (χ4n) is 1.60. The first-order valence-electron chi connectivity index (χ1n) is 7.22. The average molecular weight is 286 g/mol. The molecule has 0 aliphatic heterocycles. The van der Waals surface area contributed by atoms with Crippen molar-refractivity contribution in [1.82, 2.24) is 16.0 Å². The smallest absolute Gasteiger partial charge is 0.239 e. The Bertz CT molecular complexity index is 293. The van der Waals surface area contributed by atoms with E-state index in [1.165, 1.54) is 6.42 Å². The summed E-state index contributed by atoms with van der Waals surface area (Å²) in [7, 11) is 3.31. The average Bonchev–Trinajstić information content (AvgIpc) is 2.41. The summed E-state index contributed by atoms with van der Waals surface area (Å²) in [6.07, 6.45) is 2.25. The van der Waals surface area contributed by atoms with Gasteiger partial charge in [-0.2, -0.15) is 0 Å². The van der Waals surface area contributed by atoms with Crippen molar-refractivity contribution in [2.45, 2.75) is 39.7 Å². The molecule has 0 aliphatic carbocycles. The lowest BCUT2D eigenvalue weighted by Gasteiger charge is -2.18. The lowest BCUT2D eigenvalue weighted by molar-refractivity contribution is -0.120. The Labute approximate surface area is 122 Å². The molecule has 20 heavy (non-hydrogen) atoms. The lowest BCUT2D eigenvalue weighted by atomic mass is 10.0. The summed E-state index contributed by atoms with van der Waals surface area (Å²) in [6, 6.07) is 0.333. The lowest BCUT2D eigenvalue weighted by Crippen LogP contribution is -2.46. The van der Waals surface area contributed by atoms with Crippen LogP contribution in [0.15, 0.2) is 4.99 Å². The molecule has 0 rings (SSSR count). The van der Waals surface area contributed by atoms with E-state index < -0.39 is 0 Å². The van der Waals surface area contributed by atoms with Crippen LogP contribution in [0.2, 0.25) is 0 Å². The molecule has 0 spiro atoms. The van der Waals surface area contributed by atoms with Gasteiger partial charge in [-0.25, -0.2) is 0 Å². The van der Waals surface area contributed by atoms with Gasteiger partial charge in [0.25, 0.3) is 0 Å². The standard InChI is InChI=1S/C14H30N4O2/c1-11(2)6-7-12(3)18-14(15-4)17-10-13(19)16-8-9-20-5/h11-12H,6-10H2,1-5H3,(H,16,19)(H2,15,17,18). The van der Waals surface area contributed by atoms with Crippen LogP contribution in [0.25, 0.3) is 0 Å². The first-order valence-corrected chi connectivity index (χ1v) is 7.22. The fourth-order valence-corrected chi connectivity index (χ4v) is 1.60. The topological polar surface area (TPSA) is 74.8 Å². The van der Waals surface area contributed by atoms with E-state index >= 15 is 0 Å². The van der Waals surface area contributed by atoms with E-state index in [4.69, 9.17) is 4.74 Å². The molecule has 0 saturated carbocycles. The van der Waals surface area contributed by atoms with E-state index in [2.05, 4.69) is 41.7 Å². The molecule has 3 N–H and O–H groups in total. The maximum absolute atomic E-state index is 11.5. The highest BCUT2D eigenvalue weighted by Crippen LogP contribution is 2.05. The molecule has 118 valence electrons. The van der Waals surface area contributed by atoms with Crippen LogP contribution in [0.1, 0.15) is 33.6 Å². The van der Waals surface area contributed by atoms with Crippen LogP contribution in [-0.2, 0) is 9.53 Å². The van der Waals surface area contributed by atoms with E-state index in [1.54, 1.807) is 14.2 Å². The molecule has 0 fully saturated rings. The largest absolute Gasteiger partial charge is 0.383 e. The molecule has 1 unspecified atom stereocenters. The number of aliphatic imine (C=N–C) groups is 1. The third-order valence-corrected chi connectivity index (χ3v) is 2.83. The Hall–Kier alpha value is -1.30. The molecule has 0 aromatic heterocycles. The van der Waals surface area contributed by atoms with Crippen molar-refractivity contribution in [2.24, 2.45) is 10.9 Å². The van der Waals surface area contributed by atoms with Gasteiger partial charge in [-0.15, -0.1) is 0 Å². The number of hydrogen-bond acceptors (Lipinski definition) is 3. The number of nitrogens with one attached hydrogen (secondary N) is 3. The number of ether oxygens (including phenoxy) is 1. The van der Waals surface area contributed by atoms with Gasteiger partial charge in [0, 0.05) is 26.7 Å². The second kappa shape index (κ2) is 11.5. The van der Waals surface area contributed by atoms with Gasteiger partial charge in [0.15, 0.2) is 5.96 Å². The Balaban J connectivity index is 3.89. The number of amides is 1. The number of carbonyl (C=O) groups is 1. The first-order chi connectivity index (χ1) is 9.49. The number of guanidine groups is 1. The van der Waals surface area contributed by atoms with E-state index in [0.717, 1.165) is 6.42 Å². The summed E-state index contributed by atoms with van der Waals surface area (Å²) in [5, 5.41) is 9.03. The number of methoxy groups -OCH3 is 1. The van der Waals surface area contributed by atoms with Gasteiger partial charge in [-0.05, 0) is 25.7 Å². The van der Waals surface area contributed by atoms with Gasteiger partial charge in [-0.3, -0.25) is 9.79 Å². The van der Waals surface area contributed by atoms with Gasteiger partial charge in [0.05, 0.1) is 13.2 Å². The Kier molecular flexibility index (Phi) is 10.8. The second-order valence-electron chi connectivity index (χ2n) is 5.29. The third-order valence-electron chi connectivity index (χ3n) is 2.83. The predicted molar refractivity (Wildman–Crippen MR) is 82.9 cm³/mol. The van der Waals surface area contributed by atoms with E-state index in [1.807, 2.05) is 0 Å². The Morgan fingerprint density at radius 1 is 1.20 bits per heavy atom. The number of carbonyl (C=O) groups excluding carboxylic acids is 1. The summed E-state index contributed by atoms with van der Waals surface area (Å²) in [5.74, 6) is 1.28. The molecule has 0 aliphatic rings. The monoisotopic (exact) mass is 286 g/mol. The van der Waals surface area contributed by atoms with Crippen LogP contribution >= 0.6 is 0 Å². The third kappa shape index (κ3) is 10.6. The number of rotatable bonds is 9. The highest BCUT2D eigenvalue weighted by atomic mass is 16.5. The molecule has 0 aromatic rings. The number of nitrogens with zero attached hydrogens (tertiary/aromatic N) is 1. The molecular formula is C14H30N4O2. The number of hydrogen-bond donors (Lipinski definition) is 3. The Morgan fingerprint density at radius 3 is 2.45 bits per heavy atom. The van der Waals surface area contributed by atoms with Gasteiger partial charge in [0.1, 0.15) is 0 Å². The minimum Gasteiger partial charge on any atom is -0.383 e. The molecule has 0 aromatic carbocycles.